The highest BCUT2D eigenvalue weighted by molar-refractivity contribution is 5.79. The third-order valence-electron chi connectivity index (χ3n) is 7.30. The predicted octanol–water partition coefficient (Wildman–Crippen LogP) is 6.07. The molecule has 1 rings (SSSR count). The van der Waals surface area contributed by atoms with E-state index in [0.717, 1.165) is 19.3 Å². The number of Topliss-reactive ketones (excluding diaryl/α,β-unsaturated/α-hetero) is 2. The first-order valence-electron chi connectivity index (χ1n) is 12.2. The number of hydrogen-bond acceptors (Lipinski definition) is 4. The largest absolute Gasteiger partial charge is 0.392 e. The second kappa shape index (κ2) is 15.1. The molecule has 0 aromatic carbocycles. The van der Waals surface area contributed by atoms with Gasteiger partial charge in [-0.15, -0.1) is 0 Å². The first kappa shape index (κ1) is 31.4. The summed E-state index contributed by atoms with van der Waals surface area (Å²) in [6.07, 6.45) is 4.70. The minimum Gasteiger partial charge on any atom is -0.392 e. The number of ketones is 2. The first-order chi connectivity index (χ1) is 13.8. The van der Waals surface area contributed by atoms with Crippen LogP contribution in [0.3, 0.4) is 0 Å². The van der Waals surface area contributed by atoms with Gasteiger partial charge in [0, 0.05) is 11.8 Å². The van der Waals surface area contributed by atoms with E-state index in [1.165, 1.54) is 19.8 Å². The summed E-state index contributed by atoms with van der Waals surface area (Å²) in [5.74, 6) is 1.33. The van der Waals surface area contributed by atoms with Crippen molar-refractivity contribution >= 4 is 11.6 Å². The number of aliphatic hydroxyl groups excluding tert-OH is 1. The smallest absolute Gasteiger partial charge is 0.135 e. The lowest BCUT2D eigenvalue weighted by Crippen LogP contribution is -2.44. The second-order valence-electron chi connectivity index (χ2n) is 9.74. The summed E-state index contributed by atoms with van der Waals surface area (Å²) < 4.78 is 0. The number of hydrogen-bond donors (Lipinski definition) is 2. The van der Waals surface area contributed by atoms with Crippen LogP contribution in [-0.2, 0) is 9.59 Å². The number of carbonyl (C=O) groups is 2. The van der Waals surface area contributed by atoms with Crippen LogP contribution in [0.15, 0.2) is 0 Å². The monoisotopic (exact) mass is 428 g/mol. The van der Waals surface area contributed by atoms with Gasteiger partial charge in [-0.1, -0.05) is 68.2 Å². The predicted molar refractivity (Wildman–Crippen MR) is 127 cm³/mol. The molecule has 1 aliphatic carbocycles. The molecule has 0 aromatic rings. The second-order valence-corrected chi connectivity index (χ2v) is 9.74. The molecule has 2 N–H and O–H groups in total. The highest BCUT2D eigenvalue weighted by Crippen LogP contribution is 2.34. The highest BCUT2D eigenvalue weighted by atomic mass is 16.3. The van der Waals surface area contributed by atoms with Crippen LogP contribution in [0.5, 0.6) is 0 Å². The van der Waals surface area contributed by atoms with Gasteiger partial charge in [-0.2, -0.15) is 0 Å². The van der Waals surface area contributed by atoms with Crippen molar-refractivity contribution in [2.75, 3.05) is 0 Å². The van der Waals surface area contributed by atoms with Crippen LogP contribution in [0, 0.1) is 35.5 Å². The maximum Gasteiger partial charge on any atom is 0.135 e. The molecule has 0 heterocycles. The van der Waals surface area contributed by atoms with E-state index >= 15 is 0 Å². The Hall–Kier alpha value is -0.740. The average molecular weight is 429 g/mol. The Bertz CT molecular complexity index is 485. The number of rotatable bonds is 9. The molecule has 30 heavy (non-hydrogen) atoms. The molecule has 2 unspecified atom stereocenters. The summed E-state index contributed by atoms with van der Waals surface area (Å²) in [7, 11) is 0. The normalized spacial score (nSPS) is 25.2. The highest BCUT2D eigenvalue weighted by Gasteiger charge is 2.38. The van der Waals surface area contributed by atoms with Crippen LogP contribution in [-0.4, -0.2) is 33.5 Å². The summed E-state index contributed by atoms with van der Waals surface area (Å²) in [5, 5.41) is 20.9. The van der Waals surface area contributed by atoms with Gasteiger partial charge in [-0.25, -0.2) is 0 Å². The first-order valence-corrected chi connectivity index (χ1v) is 12.2. The summed E-state index contributed by atoms with van der Waals surface area (Å²) in [6.45, 7) is 21.1. The maximum atomic E-state index is 11.4. The number of carbonyl (C=O) groups excluding carboxylic acids is 2. The van der Waals surface area contributed by atoms with Crippen LogP contribution < -0.4 is 0 Å². The van der Waals surface area contributed by atoms with E-state index in [0.29, 0.717) is 23.5 Å². The minimum absolute atomic E-state index is 0.00637. The van der Waals surface area contributed by atoms with Crippen LogP contribution in [0.2, 0.25) is 0 Å². The molecular formula is C26H52O4. The zero-order valence-corrected chi connectivity index (χ0v) is 21.8. The lowest BCUT2D eigenvalue weighted by Gasteiger charge is -2.39. The Kier molecular flexibility index (Phi) is 15.9. The summed E-state index contributed by atoms with van der Waals surface area (Å²) in [5.41, 5.74) is -0.813. The van der Waals surface area contributed by atoms with E-state index in [2.05, 4.69) is 20.8 Å². The molecule has 4 heteroatoms. The Labute approximate surface area is 187 Å². The van der Waals surface area contributed by atoms with Crippen molar-refractivity contribution < 1.29 is 19.8 Å². The summed E-state index contributed by atoms with van der Waals surface area (Å²) >= 11 is 0. The Morgan fingerprint density at radius 1 is 1.07 bits per heavy atom. The van der Waals surface area contributed by atoms with E-state index < -0.39 is 11.7 Å². The summed E-state index contributed by atoms with van der Waals surface area (Å²) in [6, 6.07) is 0. The fourth-order valence-electron chi connectivity index (χ4n) is 4.34. The molecule has 1 saturated carbocycles. The van der Waals surface area contributed by atoms with E-state index in [1.54, 1.807) is 13.8 Å². The van der Waals surface area contributed by atoms with Gasteiger partial charge in [0.2, 0.25) is 0 Å². The van der Waals surface area contributed by atoms with E-state index in [4.69, 9.17) is 0 Å². The Morgan fingerprint density at radius 3 is 1.87 bits per heavy atom. The van der Waals surface area contributed by atoms with Crippen molar-refractivity contribution in [1.29, 1.82) is 0 Å². The van der Waals surface area contributed by atoms with E-state index in [1.807, 2.05) is 34.6 Å². The lowest BCUT2D eigenvalue weighted by molar-refractivity contribution is -0.127. The maximum absolute atomic E-state index is 11.4. The standard InChI is InChI=1S/C16H32O3.C8H14O.C2H6/c1-8-10(2)9-16(7,19)13(5)11(3)15(18)12(4)14(6)17;1-6-4-3-5-8(6)7(2)9;1-2/h10-13,15,18-19H,8-9H2,1-7H3;6,8H,3-5H2,1-2H3;1-2H3/t10-,11+,12-,13+,15-,16+;;/m0../s1. The molecule has 0 saturated heterocycles. The molecule has 180 valence electrons. The molecule has 0 amide bonds. The number of aliphatic hydroxyl groups is 2. The average Bonchev–Trinajstić information content (AvgIpc) is 3.13. The van der Waals surface area contributed by atoms with Crippen molar-refractivity contribution in [3.8, 4) is 0 Å². The molecular weight excluding hydrogens is 376 g/mol. The summed E-state index contributed by atoms with van der Waals surface area (Å²) in [4.78, 5) is 22.2. The van der Waals surface area contributed by atoms with Crippen LogP contribution in [0.1, 0.15) is 108 Å². The van der Waals surface area contributed by atoms with Crippen LogP contribution >= 0.6 is 0 Å². The van der Waals surface area contributed by atoms with Crippen LogP contribution in [0.4, 0.5) is 0 Å². The van der Waals surface area contributed by atoms with Crippen molar-refractivity contribution in [3.05, 3.63) is 0 Å². The van der Waals surface area contributed by atoms with Gasteiger partial charge in [0.25, 0.3) is 0 Å². The molecule has 0 bridgehead atoms. The lowest BCUT2D eigenvalue weighted by atomic mass is 9.72. The minimum atomic E-state index is -0.813. The molecule has 0 aromatic heterocycles. The zero-order valence-electron chi connectivity index (χ0n) is 21.8. The SMILES string of the molecule is CC.CC(=O)C1CCCC1C.CC[C@H](C)C[C@@](C)(O)[C@H](C)[C@@H](C)[C@H](O)[C@@H](C)C(C)=O. The molecule has 0 radical (unpaired) electrons. The van der Waals surface area contributed by atoms with Gasteiger partial charge in [-0.05, 0) is 63.7 Å². The van der Waals surface area contributed by atoms with Gasteiger partial charge in [0.15, 0.2) is 0 Å². The molecule has 0 aliphatic heterocycles. The molecule has 4 nitrogen and oxygen atoms in total. The van der Waals surface area contributed by atoms with Gasteiger partial charge in [0.05, 0.1) is 11.7 Å². The third kappa shape index (κ3) is 10.5. The fourth-order valence-corrected chi connectivity index (χ4v) is 4.34. The van der Waals surface area contributed by atoms with Crippen LogP contribution in [0.25, 0.3) is 0 Å². The quantitative estimate of drug-likeness (QED) is 0.467. The van der Waals surface area contributed by atoms with Gasteiger partial charge in [0.1, 0.15) is 11.6 Å². The van der Waals surface area contributed by atoms with Gasteiger partial charge >= 0.3 is 0 Å². The van der Waals surface area contributed by atoms with Crippen molar-refractivity contribution in [1.82, 2.24) is 0 Å². The van der Waals surface area contributed by atoms with E-state index in [-0.39, 0.29) is 23.5 Å². The van der Waals surface area contributed by atoms with E-state index in [9.17, 15) is 19.8 Å². The Morgan fingerprint density at radius 2 is 1.57 bits per heavy atom. The fraction of sp³-hybridized carbons (Fsp3) is 0.923. The molecule has 0 spiro atoms. The molecule has 1 fully saturated rings. The Balaban J connectivity index is 0. The third-order valence-corrected chi connectivity index (χ3v) is 7.30. The van der Waals surface area contributed by atoms with Crippen molar-refractivity contribution in [2.24, 2.45) is 35.5 Å². The molecule has 8 atom stereocenters. The van der Waals surface area contributed by atoms with Crippen molar-refractivity contribution in [2.45, 2.75) is 120 Å². The van der Waals surface area contributed by atoms with Gasteiger partial charge < -0.3 is 10.2 Å². The van der Waals surface area contributed by atoms with Crippen molar-refractivity contribution in [3.63, 3.8) is 0 Å². The topological polar surface area (TPSA) is 74.6 Å². The molecule has 1 aliphatic rings. The zero-order chi connectivity index (χ0) is 24.2. The van der Waals surface area contributed by atoms with Gasteiger partial charge in [-0.3, -0.25) is 9.59 Å².